The third-order valence-electron chi connectivity index (χ3n) is 3.35. The van der Waals surface area contributed by atoms with Crippen molar-refractivity contribution in [3.05, 3.63) is 59.8 Å². The summed E-state index contributed by atoms with van der Waals surface area (Å²) in [7, 11) is 1.83. The summed E-state index contributed by atoms with van der Waals surface area (Å²) in [5.41, 5.74) is 2.10. The number of hydrogen-bond acceptors (Lipinski definition) is 5. The molecule has 7 nitrogen and oxygen atoms in total. The maximum Gasteiger partial charge on any atom is 0.339 e. The Balaban J connectivity index is 1.87. The van der Waals surface area contributed by atoms with Gasteiger partial charge in [0, 0.05) is 25.0 Å². The fourth-order valence-corrected chi connectivity index (χ4v) is 2.17. The van der Waals surface area contributed by atoms with Crippen LogP contribution in [0.15, 0.2) is 42.9 Å². The predicted molar refractivity (Wildman–Crippen MR) is 88.2 cm³/mol. The molecule has 0 atom stereocenters. The molecule has 3 rings (SSSR count). The van der Waals surface area contributed by atoms with Gasteiger partial charge in [-0.25, -0.2) is 14.8 Å². The molecule has 2 aromatic heterocycles. The molecule has 2 heterocycles. The van der Waals surface area contributed by atoms with Gasteiger partial charge >= 0.3 is 5.97 Å². The molecule has 1 aromatic carbocycles. The summed E-state index contributed by atoms with van der Waals surface area (Å²) in [5, 5.41) is 22.7. The molecule has 0 saturated carbocycles. The number of aromatic hydroxyl groups is 1. The summed E-state index contributed by atoms with van der Waals surface area (Å²) in [4.78, 5) is 19.6. The Hall–Kier alpha value is -3.48. The summed E-state index contributed by atoms with van der Waals surface area (Å²) in [6, 6.07) is 6.13. The molecule has 0 aliphatic rings. The lowest BCUT2D eigenvalue weighted by atomic mass is 10.1. The van der Waals surface area contributed by atoms with Crippen molar-refractivity contribution < 1.29 is 15.0 Å². The van der Waals surface area contributed by atoms with Gasteiger partial charge in [-0.05, 0) is 29.8 Å². The second-order valence-corrected chi connectivity index (χ2v) is 5.12. The lowest BCUT2D eigenvalue weighted by Crippen LogP contribution is -1.96. The first-order chi connectivity index (χ1) is 11.5. The Morgan fingerprint density at radius 1 is 1.25 bits per heavy atom. The maximum atomic E-state index is 11.0. The molecule has 0 unspecified atom stereocenters. The number of aromatic nitrogens is 4. The molecule has 3 aromatic rings. The van der Waals surface area contributed by atoms with Gasteiger partial charge in [0.2, 0.25) is 0 Å². The van der Waals surface area contributed by atoms with E-state index in [-0.39, 0.29) is 11.3 Å². The predicted octanol–water partition coefficient (Wildman–Crippen LogP) is 2.45. The van der Waals surface area contributed by atoms with E-state index >= 15 is 0 Å². The first kappa shape index (κ1) is 15.4. The molecule has 0 spiro atoms. The molecular formula is C17H14N4O3. The molecule has 0 radical (unpaired) electrons. The van der Waals surface area contributed by atoms with Gasteiger partial charge < -0.3 is 10.2 Å². The van der Waals surface area contributed by atoms with Crippen molar-refractivity contribution in [3.8, 4) is 17.0 Å². The van der Waals surface area contributed by atoms with Crippen molar-refractivity contribution in [1.82, 2.24) is 19.7 Å². The van der Waals surface area contributed by atoms with Gasteiger partial charge in [-0.3, -0.25) is 4.68 Å². The van der Waals surface area contributed by atoms with Gasteiger partial charge in [-0.15, -0.1) is 0 Å². The Labute approximate surface area is 137 Å². The summed E-state index contributed by atoms with van der Waals surface area (Å²) < 4.78 is 1.69. The molecule has 0 aliphatic heterocycles. The van der Waals surface area contributed by atoms with Crippen LogP contribution in [-0.4, -0.2) is 35.9 Å². The largest absolute Gasteiger partial charge is 0.507 e. The Morgan fingerprint density at radius 3 is 2.79 bits per heavy atom. The normalized spacial score (nSPS) is 11.0. The van der Waals surface area contributed by atoms with Gasteiger partial charge in [0.15, 0.2) is 5.82 Å². The maximum absolute atomic E-state index is 11.0. The van der Waals surface area contributed by atoms with Crippen LogP contribution in [0.5, 0.6) is 5.75 Å². The van der Waals surface area contributed by atoms with Crippen LogP contribution >= 0.6 is 0 Å². The zero-order valence-corrected chi connectivity index (χ0v) is 12.8. The number of phenols is 1. The number of rotatable bonds is 4. The van der Waals surface area contributed by atoms with E-state index in [1.807, 2.05) is 13.2 Å². The number of aryl methyl sites for hydroxylation is 1. The van der Waals surface area contributed by atoms with Gasteiger partial charge in [0.1, 0.15) is 11.3 Å². The van der Waals surface area contributed by atoms with E-state index < -0.39 is 5.97 Å². The summed E-state index contributed by atoms with van der Waals surface area (Å²) >= 11 is 0. The van der Waals surface area contributed by atoms with Crippen LogP contribution in [0.2, 0.25) is 0 Å². The standard InChI is InChI=1S/C17H14N4O3/c1-21-10-12(9-19-21)14-6-7-18-16(20-14)5-3-11-2-4-15(22)13(8-11)17(23)24/h2-10,22H,1H3,(H,23,24)/b5-3+. The van der Waals surface area contributed by atoms with E-state index in [1.54, 1.807) is 41.4 Å². The molecule has 2 N–H and O–H groups in total. The SMILES string of the molecule is Cn1cc(-c2ccnc(/C=C/c3ccc(O)c(C(=O)O)c3)n2)cn1. The van der Waals surface area contributed by atoms with Crippen molar-refractivity contribution in [2.24, 2.45) is 7.05 Å². The van der Waals surface area contributed by atoms with Crippen molar-refractivity contribution in [2.75, 3.05) is 0 Å². The molecular weight excluding hydrogens is 308 g/mol. The smallest absolute Gasteiger partial charge is 0.339 e. The number of nitrogens with zero attached hydrogens (tertiary/aromatic N) is 4. The van der Waals surface area contributed by atoms with Crippen molar-refractivity contribution >= 4 is 18.1 Å². The minimum absolute atomic E-state index is 0.151. The highest BCUT2D eigenvalue weighted by atomic mass is 16.4. The number of carboxylic acid groups (broad SMARTS) is 1. The number of aromatic carboxylic acids is 1. The fourth-order valence-electron chi connectivity index (χ4n) is 2.17. The molecule has 24 heavy (non-hydrogen) atoms. The highest BCUT2D eigenvalue weighted by Gasteiger charge is 2.09. The molecule has 120 valence electrons. The monoisotopic (exact) mass is 322 g/mol. The Morgan fingerprint density at radius 2 is 2.08 bits per heavy atom. The van der Waals surface area contributed by atoms with E-state index in [0.29, 0.717) is 11.4 Å². The summed E-state index contributed by atoms with van der Waals surface area (Å²) in [6.07, 6.45) is 8.59. The van der Waals surface area contributed by atoms with E-state index in [1.165, 1.54) is 12.1 Å². The zero-order valence-electron chi connectivity index (χ0n) is 12.8. The zero-order chi connectivity index (χ0) is 17.1. The first-order valence-corrected chi connectivity index (χ1v) is 7.09. The van der Waals surface area contributed by atoms with E-state index in [9.17, 15) is 9.90 Å². The van der Waals surface area contributed by atoms with Crippen LogP contribution in [0.25, 0.3) is 23.4 Å². The van der Waals surface area contributed by atoms with E-state index in [4.69, 9.17) is 5.11 Å². The average molecular weight is 322 g/mol. The lowest BCUT2D eigenvalue weighted by molar-refractivity contribution is 0.0693. The minimum Gasteiger partial charge on any atom is -0.507 e. The van der Waals surface area contributed by atoms with Crippen LogP contribution in [0.4, 0.5) is 0 Å². The molecule has 7 heteroatoms. The second kappa shape index (κ2) is 6.33. The van der Waals surface area contributed by atoms with Crippen LogP contribution < -0.4 is 0 Å². The van der Waals surface area contributed by atoms with Gasteiger partial charge in [-0.2, -0.15) is 5.10 Å². The Kier molecular flexibility index (Phi) is 4.07. The fraction of sp³-hybridized carbons (Fsp3) is 0.0588. The quantitative estimate of drug-likeness (QED) is 0.765. The highest BCUT2D eigenvalue weighted by Crippen LogP contribution is 2.20. The van der Waals surface area contributed by atoms with E-state index in [2.05, 4.69) is 15.1 Å². The van der Waals surface area contributed by atoms with Gasteiger partial charge in [0.25, 0.3) is 0 Å². The lowest BCUT2D eigenvalue weighted by Gasteiger charge is -2.01. The molecule has 0 fully saturated rings. The third-order valence-corrected chi connectivity index (χ3v) is 3.35. The number of carboxylic acids is 1. The molecule has 0 amide bonds. The first-order valence-electron chi connectivity index (χ1n) is 7.09. The topological polar surface area (TPSA) is 101 Å². The molecule has 0 bridgehead atoms. The van der Waals surface area contributed by atoms with Crippen LogP contribution in [-0.2, 0) is 7.05 Å². The van der Waals surface area contributed by atoms with E-state index in [0.717, 1.165) is 11.3 Å². The minimum atomic E-state index is -1.18. The molecule has 0 saturated heterocycles. The number of carbonyl (C=O) groups is 1. The van der Waals surface area contributed by atoms with Gasteiger partial charge in [0.05, 0.1) is 11.9 Å². The second-order valence-electron chi connectivity index (χ2n) is 5.12. The molecule has 0 aliphatic carbocycles. The Bertz CT molecular complexity index is 931. The average Bonchev–Trinajstić information content (AvgIpc) is 3.01. The van der Waals surface area contributed by atoms with Crippen molar-refractivity contribution in [3.63, 3.8) is 0 Å². The number of hydrogen-bond donors (Lipinski definition) is 2. The summed E-state index contributed by atoms with van der Waals surface area (Å²) in [6.45, 7) is 0. The van der Waals surface area contributed by atoms with Gasteiger partial charge in [-0.1, -0.05) is 12.1 Å². The van der Waals surface area contributed by atoms with Crippen molar-refractivity contribution in [1.29, 1.82) is 0 Å². The summed E-state index contributed by atoms with van der Waals surface area (Å²) in [5.74, 6) is -0.964. The van der Waals surface area contributed by atoms with Crippen LogP contribution in [0, 0.1) is 0 Å². The number of benzene rings is 1. The highest BCUT2D eigenvalue weighted by molar-refractivity contribution is 5.91. The van der Waals surface area contributed by atoms with Crippen LogP contribution in [0.3, 0.4) is 0 Å². The van der Waals surface area contributed by atoms with Crippen molar-refractivity contribution in [2.45, 2.75) is 0 Å². The third kappa shape index (κ3) is 3.30. The van der Waals surface area contributed by atoms with Crippen LogP contribution in [0.1, 0.15) is 21.7 Å².